The summed E-state index contributed by atoms with van der Waals surface area (Å²) < 4.78 is 6.61. The fourth-order valence-electron chi connectivity index (χ4n) is 5.30. The lowest BCUT2D eigenvalue weighted by atomic mass is 10.00. The van der Waals surface area contributed by atoms with Gasteiger partial charge >= 0.3 is 0 Å². The molecular formula is C32H68N2O. The highest BCUT2D eigenvalue weighted by molar-refractivity contribution is 4.75. The molecule has 0 saturated heterocycles. The normalized spacial score (nSPS) is 14.3. The van der Waals surface area contributed by atoms with Crippen molar-refractivity contribution in [2.45, 2.75) is 200 Å². The van der Waals surface area contributed by atoms with Crippen molar-refractivity contribution in [1.82, 2.24) is 0 Å². The Kier molecular flexibility index (Phi) is 28.4. The molecule has 0 rings (SSSR count). The van der Waals surface area contributed by atoms with Gasteiger partial charge in [-0.2, -0.15) is 0 Å². The maximum atomic E-state index is 6.61. The molecule has 3 atom stereocenters. The van der Waals surface area contributed by atoms with E-state index in [-0.39, 0.29) is 12.1 Å². The monoisotopic (exact) mass is 497 g/mol. The van der Waals surface area contributed by atoms with Gasteiger partial charge in [0, 0.05) is 6.04 Å². The Morgan fingerprint density at radius 3 is 1.14 bits per heavy atom. The average molecular weight is 497 g/mol. The van der Waals surface area contributed by atoms with Gasteiger partial charge in [0.2, 0.25) is 0 Å². The summed E-state index contributed by atoms with van der Waals surface area (Å²) in [6, 6.07) is 0.0811. The molecule has 0 aromatic rings. The first kappa shape index (κ1) is 34.9. The zero-order valence-electron chi connectivity index (χ0n) is 24.7. The number of hydrogen-bond donors (Lipinski definition) is 2. The highest BCUT2D eigenvalue weighted by Gasteiger charge is 2.20. The molecule has 0 heterocycles. The topological polar surface area (TPSA) is 61.3 Å². The van der Waals surface area contributed by atoms with E-state index in [1.54, 1.807) is 0 Å². The van der Waals surface area contributed by atoms with Crippen molar-refractivity contribution in [3.63, 3.8) is 0 Å². The van der Waals surface area contributed by atoms with Crippen LogP contribution in [0.5, 0.6) is 0 Å². The van der Waals surface area contributed by atoms with Crippen LogP contribution in [0.25, 0.3) is 0 Å². The Morgan fingerprint density at radius 1 is 0.486 bits per heavy atom. The first-order chi connectivity index (χ1) is 17.2. The Labute approximate surface area is 222 Å². The van der Waals surface area contributed by atoms with Crippen LogP contribution in [0.15, 0.2) is 0 Å². The van der Waals surface area contributed by atoms with Crippen LogP contribution in [0.4, 0.5) is 0 Å². The van der Waals surface area contributed by atoms with Gasteiger partial charge in [-0.05, 0) is 32.2 Å². The van der Waals surface area contributed by atoms with E-state index in [4.69, 9.17) is 16.2 Å². The summed E-state index contributed by atoms with van der Waals surface area (Å²) in [5.41, 5.74) is 12.2. The van der Waals surface area contributed by atoms with E-state index in [1.807, 2.05) is 0 Å². The maximum Gasteiger partial charge on any atom is 0.0727 e. The summed E-state index contributed by atoms with van der Waals surface area (Å²) in [5.74, 6) is 0. The highest BCUT2D eigenvalue weighted by atomic mass is 16.5. The van der Waals surface area contributed by atoms with Gasteiger partial charge in [-0.3, -0.25) is 0 Å². The second kappa shape index (κ2) is 28.5. The van der Waals surface area contributed by atoms with E-state index >= 15 is 0 Å². The Balaban J connectivity index is 4.09. The van der Waals surface area contributed by atoms with Crippen molar-refractivity contribution in [2.24, 2.45) is 11.5 Å². The summed E-state index contributed by atoms with van der Waals surface area (Å²) in [6.45, 7) is 7.45. The lowest BCUT2D eigenvalue weighted by Gasteiger charge is -2.28. The van der Waals surface area contributed by atoms with Gasteiger partial charge < -0.3 is 16.2 Å². The summed E-state index contributed by atoms with van der Waals surface area (Å²) >= 11 is 0. The number of ether oxygens (including phenoxy) is 1. The van der Waals surface area contributed by atoms with Gasteiger partial charge in [-0.1, -0.05) is 156 Å². The van der Waals surface area contributed by atoms with Crippen LogP contribution < -0.4 is 11.5 Å². The van der Waals surface area contributed by atoms with E-state index in [1.165, 1.54) is 148 Å². The summed E-state index contributed by atoms with van der Waals surface area (Å²) in [7, 11) is 0. The van der Waals surface area contributed by atoms with Crippen molar-refractivity contribution < 1.29 is 4.74 Å². The second-order valence-corrected chi connectivity index (χ2v) is 11.2. The molecule has 0 spiro atoms. The molecule has 0 amide bonds. The molecule has 0 aromatic carbocycles. The minimum atomic E-state index is 0.0811. The number of rotatable bonds is 29. The van der Waals surface area contributed by atoms with E-state index in [0.717, 1.165) is 12.8 Å². The minimum absolute atomic E-state index is 0.0811. The molecule has 212 valence electrons. The summed E-state index contributed by atoms with van der Waals surface area (Å²) in [5, 5.41) is 0. The second-order valence-electron chi connectivity index (χ2n) is 11.2. The van der Waals surface area contributed by atoms with Crippen molar-refractivity contribution in [3.8, 4) is 0 Å². The van der Waals surface area contributed by atoms with Crippen molar-refractivity contribution in [3.05, 3.63) is 0 Å². The van der Waals surface area contributed by atoms with Crippen molar-refractivity contribution >= 4 is 0 Å². The minimum Gasteiger partial charge on any atom is -0.373 e. The van der Waals surface area contributed by atoms with Gasteiger partial charge in [0.15, 0.2) is 0 Å². The van der Waals surface area contributed by atoms with Crippen molar-refractivity contribution in [2.75, 3.05) is 6.54 Å². The number of nitrogens with two attached hydrogens (primary N) is 2. The van der Waals surface area contributed by atoms with Gasteiger partial charge in [-0.15, -0.1) is 0 Å². The zero-order valence-corrected chi connectivity index (χ0v) is 24.7. The molecule has 0 aromatic heterocycles. The summed E-state index contributed by atoms with van der Waals surface area (Å²) in [6.07, 6.45) is 34.2. The smallest absolute Gasteiger partial charge is 0.0727 e. The van der Waals surface area contributed by atoms with Crippen LogP contribution in [-0.2, 0) is 4.74 Å². The first-order valence-corrected chi connectivity index (χ1v) is 16.3. The van der Waals surface area contributed by atoms with Crippen molar-refractivity contribution in [1.29, 1.82) is 0 Å². The van der Waals surface area contributed by atoms with E-state index < -0.39 is 0 Å². The molecule has 0 fully saturated rings. The third kappa shape index (κ3) is 24.0. The Morgan fingerprint density at radius 2 is 0.829 bits per heavy atom. The molecule has 3 nitrogen and oxygen atoms in total. The zero-order chi connectivity index (χ0) is 25.8. The number of hydrogen-bond acceptors (Lipinski definition) is 3. The maximum absolute atomic E-state index is 6.61. The molecule has 3 heteroatoms. The molecule has 3 unspecified atom stereocenters. The molecule has 4 N–H and O–H groups in total. The molecule has 35 heavy (non-hydrogen) atoms. The lowest BCUT2D eigenvalue weighted by molar-refractivity contribution is -0.0371. The summed E-state index contributed by atoms with van der Waals surface area (Å²) in [4.78, 5) is 0. The molecule has 0 radical (unpaired) electrons. The largest absolute Gasteiger partial charge is 0.373 e. The fourth-order valence-corrected chi connectivity index (χ4v) is 5.30. The van der Waals surface area contributed by atoms with Gasteiger partial charge in [0.05, 0.1) is 12.2 Å². The van der Waals surface area contributed by atoms with Gasteiger partial charge in [0.1, 0.15) is 0 Å². The quantitative estimate of drug-likeness (QED) is 0.101. The average Bonchev–Trinajstić information content (AvgIpc) is 2.86. The molecule has 0 bridgehead atoms. The van der Waals surface area contributed by atoms with E-state index in [9.17, 15) is 0 Å². The highest BCUT2D eigenvalue weighted by Crippen LogP contribution is 2.21. The molecule has 0 aliphatic heterocycles. The van der Waals surface area contributed by atoms with Crippen LogP contribution in [0.1, 0.15) is 181 Å². The van der Waals surface area contributed by atoms with Crippen LogP contribution >= 0.6 is 0 Å². The Bertz CT molecular complexity index is 390. The Hall–Kier alpha value is -0.120. The van der Waals surface area contributed by atoms with Crippen LogP contribution in [0.2, 0.25) is 0 Å². The SMILES string of the molecule is CCCCCCCCCCCCCC(CCCCCCCCCCCC)OC(CC)C(N)CCN. The van der Waals surface area contributed by atoms with Gasteiger partial charge in [0.25, 0.3) is 0 Å². The third-order valence-corrected chi connectivity index (χ3v) is 7.76. The predicted molar refractivity (Wildman–Crippen MR) is 158 cm³/mol. The number of unbranched alkanes of at least 4 members (excludes halogenated alkanes) is 19. The first-order valence-electron chi connectivity index (χ1n) is 16.3. The molecule has 0 aliphatic carbocycles. The van der Waals surface area contributed by atoms with Crippen LogP contribution in [-0.4, -0.2) is 24.8 Å². The predicted octanol–water partition coefficient (Wildman–Crippen LogP) is 9.84. The van der Waals surface area contributed by atoms with Crippen LogP contribution in [0, 0.1) is 0 Å². The molecule has 0 saturated carbocycles. The molecular weight excluding hydrogens is 428 g/mol. The van der Waals surface area contributed by atoms with E-state index in [0.29, 0.717) is 12.6 Å². The fraction of sp³-hybridized carbons (Fsp3) is 1.00. The van der Waals surface area contributed by atoms with Gasteiger partial charge in [-0.25, -0.2) is 0 Å². The lowest BCUT2D eigenvalue weighted by Crippen LogP contribution is -2.40. The molecule has 0 aliphatic rings. The van der Waals surface area contributed by atoms with Crippen LogP contribution in [0.3, 0.4) is 0 Å². The third-order valence-electron chi connectivity index (χ3n) is 7.76. The van der Waals surface area contributed by atoms with E-state index in [2.05, 4.69) is 20.8 Å². The standard InChI is InChI=1S/C32H68N2O/c1-4-7-9-11-13-15-17-19-21-23-25-27-30(35-32(6-3)31(34)28-29-33)26-24-22-20-18-16-14-12-10-8-5-2/h30-32H,4-29,33-34H2,1-3H3.